The zero-order chi connectivity index (χ0) is 17.8. The molecular weight excluding hydrogens is 323 g/mol. The Morgan fingerprint density at radius 3 is 2.23 bits per heavy atom. The van der Waals surface area contributed by atoms with Crippen molar-refractivity contribution in [1.29, 1.82) is 0 Å². The lowest BCUT2D eigenvalue weighted by atomic mass is 9.81. The van der Waals surface area contributed by atoms with Crippen LogP contribution in [0.15, 0.2) is 54.6 Å². The van der Waals surface area contributed by atoms with Crippen LogP contribution in [0.4, 0.5) is 4.39 Å². The molecule has 1 aliphatic heterocycles. The van der Waals surface area contributed by atoms with Crippen molar-refractivity contribution in [3.8, 4) is 0 Å². The fourth-order valence-electron chi connectivity index (χ4n) is 5.01. The molecule has 2 aromatic rings. The molecule has 0 aromatic heterocycles. The minimum absolute atomic E-state index is 0.110. The second-order valence-corrected chi connectivity index (χ2v) is 8.17. The molecule has 2 aromatic carbocycles. The van der Waals surface area contributed by atoms with E-state index in [0.717, 1.165) is 24.1 Å². The predicted molar refractivity (Wildman–Crippen MR) is 103 cm³/mol. The molecule has 0 spiro atoms. The average Bonchev–Trinajstić information content (AvgIpc) is 2.70. The normalized spacial score (nSPS) is 29.4. The maximum atomic E-state index is 13.4. The molecule has 2 aliphatic rings. The molecule has 0 atom stereocenters. The van der Waals surface area contributed by atoms with E-state index in [-0.39, 0.29) is 5.82 Å². The first-order valence-corrected chi connectivity index (χ1v) is 10.3. The molecular formula is C23H31FN2+2. The van der Waals surface area contributed by atoms with Gasteiger partial charge in [-0.3, -0.25) is 0 Å². The van der Waals surface area contributed by atoms with E-state index in [1.54, 1.807) is 11.0 Å². The number of halogens is 1. The van der Waals surface area contributed by atoms with Crippen molar-refractivity contribution in [2.24, 2.45) is 0 Å². The number of hydrogen-bond acceptors (Lipinski definition) is 0. The molecule has 1 heterocycles. The standard InChI is InChI=1S/C23H29FN2/c24-22-8-4-5-19(17-22)18-25-13-15-26(16-14-25)23-11-9-21(10-12-23)20-6-2-1-3-7-20/h1-8,17,21,23H,9-16,18H2/p+2. The highest BCUT2D eigenvalue weighted by Crippen LogP contribution is 2.31. The zero-order valence-electron chi connectivity index (χ0n) is 15.6. The highest BCUT2D eigenvalue weighted by Gasteiger charge is 2.33. The van der Waals surface area contributed by atoms with Gasteiger partial charge in [-0.2, -0.15) is 0 Å². The number of rotatable bonds is 4. The Labute approximate surface area is 156 Å². The predicted octanol–water partition coefficient (Wildman–Crippen LogP) is 1.84. The van der Waals surface area contributed by atoms with Gasteiger partial charge in [0, 0.05) is 5.56 Å². The fourth-order valence-corrected chi connectivity index (χ4v) is 5.01. The fraction of sp³-hybridized carbons (Fsp3) is 0.478. The summed E-state index contributed by atoms with van der Waals surface area (Å²) in [5, 5.41) is 0. The third kappa shape index (κ3) is 4.33. The van der Waals surface area contributed by atoms with Crippen molar-refractivity contribution in [2.45, 2.75) is 44.2 Å². The summed E-state index contributed by atoms with van der Waals surface area (Å²) in [7, 11) is 0. The minimum atomic E-state index is -0.110. The maximum Gasteiger partial charge on any atom is 0.127 e. The number of benzene rings is 2. The van der Waals surface area contributed by atoms with Crippen LogP contribution in [0.25, 0.3) is 0 Å². The van der Waals surface area contributed by atoms with Gasteiger partial charge < -0.3 is 9.80 Å². The van der Waals surface area contributed by atoms with Crippen LogP contribution in [0.3, 0.4) is 0 Å². The van der Waals surface area contributed by atoms with E-state index >= 15 is 0 Å². The van der Waals surface area contributed by atoms with Crippen molar-refractivity contribution in [2.75, 3.05) is 26.2 Å². The summed E-state index contributed by atoms with van der Waals surface area (Å²) in [6.07, 6.45) is 5.43. The zero-order valence-corrected chi connectivity index (χ0v) is 15.6. The Balaban J connectivity index is 1.24. The number of nitrogens with one attached hydrogen (secondary N) is 2. The summed E-state index contributed by atoms with van der Waals surface area (Å²) in [6.45, 7) is 5.93. The van der Waals surface area contributed by atoms with Crippen LogP contribution < -0.4 is 9.80 Å². The van der Waals surface area contributed by atoms with Crippen molar-refractivity contribution >= 4 is 0 Å². The largest absolute Gasteiger partial charge is 0.323 e. The first kappa shape index (κ1) is 17.7. The van der Waals surface area contributed by atoms with E-state index in [0.29, 0.717) is 0 Å². The quantitative estimate of drug-likeness (QED) is 0.829. The Kier molecular flexibility index (Phi) is 5.66. The van der Waals surface area contributed by atoms with Gasteiger partial charge in [-0.25, -0.2) is 4.39 Å². The Morgan fingerprint density at radius 2 is 1.54 bits per heavy atom. The SMILES string of the molecule is Fc1cccc(C[NH+]2CC[NH+](C3CCC(c4ccccc4)CC3)CC2)c1. The average molecular weight is 355 g/mol. The van der Waals surface area contributed by atoms with Crippen LogP contribution >= 0.6 is 0 Å². The second kappa shape index (κ2) is 8.32. The van der Waals surface area contributed by atoms with Gasteiger partial charge in [0.05, 0.1) is 6.04 Å². The summed E-state index contributed by atoms with van der Waals surface area (Å²) in [5.41, 5.74) is 2.66. The Bertz CT molecular complexity index is 686. The highest BCUT2D eigenvalue weighted by atomic mass is 19.1. The number of quaternary nitrogens is 2. The number of hydrogen-bond donors (Lipinski definition) is 2. The lowest BCUT2D eigenvalue weighted by Gasteiger charge is -2.38. The Morgan fingerprint density at radius 1 is 0.808 bits per heavy atom. The van der Waals surface area contributed by atoms with Crippen molar-refractivity contribution in [3.63, 3.8) is 0 Å². The summed E-state index contributed by atoms with van der Waals surface area (Å²) >= 11 is 0. The monoisotopic (exact) mass is 354 g/mol. The van der Waals surface area contributed by atoms with E-state index in [9.17, 15) is 4.39 Å². The highest BCUT2D eigenvalue weighted by molar-refractivity contribution is 5.20. The van der Waals surface area contributed by atoms with E-state index in [2.05, 4.69) is 36.4 Å². The van der Waals surface area contributed by atoms with E-state index in [1.165, 1.54) is 63.5 Å². The van der Waals surface area contributed by atoms with E-state index < -0.39 is 0 Å². The Hall–Kier alpha value is -1.71. The smallest absolute Gasteiger partial charge is 0.127 e. The molecule has 138 valence electrons. The van der Waals surface area contributed by atoms with Gasteiger partial charge in [-0.1, -0.05) is 42.5 Å². The second-order valence-electron chi connectivity index (χ2n) is 8.17. The maximum absolute atomic E-state index is 13.4. The van der Waals surface area contributed by atoms with Crippen LogP contribution in [0.1, 0.15) is 42.7 Å². The third-order valence-corrected chi connectivity index (χ3v) is 6.52. The molecule has 0 amide bonds. The molecule has 2 nitrogen and oxygen atoms in total. The van der Waals surface area contributed by atoms with Crippen LogP contribution in [0.5, 0.6) is 0 Å². The topological polar surface area (TPSA) is 8.88 Å². The van der Waals surface area contributed by atoms with Crippen LogP contribution in [-0.4, -0.2) is 32.2 Å². The summed E-state index contributed by atoms with van der Waals surface area (Å²) in [4.78, 5) is 3.43. The van der Waals surface area contributed by atoms with Gasteiger partial charge in [-0.05, 0) is 49.3 Å². The minimum Gasteiger partial charge on any atom is -0.323 e. The molecule has 3 heteroatoms. The molecule has 4 rings (SSSR count). The molecule has 1 aliphatic carbocycles. The lowest BCUT2D eigenvalue weighted by Crippen LogP contribution is -3.29. The summed E-state index contributed by atoms with van der Waals surface area (Å²) < 4.78 is 13.4. The van der Waals surface area contributed by atoms with Crippen molar-refractivity contribution in [1.82, 2.24) is 0 Å². The molecule has 0 unspecified atom stereocenters. The summed E-state index contributed by atoms with van der Waals surface area (Å²) in [6, 6.07) is 19.0. The van der Waals surface area contributed by atoms with Gasteiger partial charge in [0.15, 0.2) is 0 Å². The van der Waals surface area contributed by atoms with Crippen molar-refractivity contribution < 1.29 is 14.2 Å². The molecule has 0 radical (unpaired) electrons. The first-order valence-electron chi connectivity index (χ1n) is 10.3. The molecule has 2 fully saturated rings. The number of piperazine rings is 1. The third-order valence-electron chi connectivity index (χ3n) is 6.52. The molecule has 2 N–H and O–H groups in total. The molecule has 26 heavy (non-hydrogen) atoms. The lowest BCUT2D eigenvalue weighted by molar-refractivity contribution is -1.03. The van der Waals surface area contributed by atoms with E-state index in [1.807, 2.05) is 11.0 Å². The van der Waals surface area contributed by atoms with Crippen molar-refractivity contribution in [3.05, 3.63) is 71.5 Å². The van der Waals surface area contributed by atoms with Gasteiger partial charge in [0.1, 0.15) is 38.5 Å². The first-order chi connectivity index (χ1) is 12.8. The molecule has 1 saturated carbocycles. The molecule has 0 bridgehead atoms. The summed E-state index contributed by atoms with van der Waals surface area (Å²) in [5.74, 6) is 0.660. The van der Waals surface area contributed by atoms with Gasteiger partial charge >= 0.3 is 0 Å². The molecule has 1 saturated heterocycles. The van der Waals surface area contributed by atoms with Crippen LogP contribution in [0, 0.1) is 5.82 Å². The van der Waals surface area contributed by atoms with Gasteiger partial charge in [0.2, 0.25) is 0 Å². The van der Waals surface area contributed by atoms with Gasteiger partial charge in [-0.15, -0.1) is 0 Å². The van der Waals surface area contributed by atoms with Crippen LogP contribution in [-0.2, 0) is 6.54 Å². The van der Waals surface area contributed by atoms with E-state index in [4.69, 9.17) is 0 Å². The van der Waals surface area contributed by atoms with Crippen LogP contribution in [0.2, 0.25) is 0 Å². The van der Waals surface area contributed by atoms with Gasteiger partial charge in [0.25, 0.3) is 0 Å².